The minimum absolute atomic E-state index is 0. The molecule has 2 aromatic carbocycles. The van der Waals surface area contributed by atoms with E-state index in [9.17, 15) is 5.11 Å². The fourth-order valence-corrected chi connectivity index (χ4v) is 3.83. The number of halogens is 2. The van der Waals surface area contributed by atoms with Crippen LogP contribution in [-0.2, 0) is 0 Å². The third kappa shape index (κ3) is 6.78. The van der Waals surface area contributed by atoms with Gasteiger partial charge in [-0.3, -0.25) is 4.90 Å². The van der Waals surface area contributed by atoms with Gasteiger partial charge < -0.3 is 14.7 Å². The molecule has 0 spiro atoms. The average molecular weight is 439 g/mol. The molecule has 0 amide bonds. The molecule has 3 rings (SSSR count). The molecule has 1 fully saturated rings. The van der Waals surface area contributed by atoms with Crippen molar-refractivity contribution in [1.82, 2.24) is 4.90 Å². The number of aliphatic hydroxyl groups is 1. The third-order valence-electron chi connectivity index (χ3n) is 5.24. The van der Waals surface area contributed by atoms with Crippen LogP contribution in [0, 0.1) is 6.92 Å². The standard InChI is InChI=1S/C23H31ClN2O2.ClH/c1-17(2)22-8-7-18(3)13-23(22)28-16-21(27)15-25-9-11-26(12-10-25)20-6-4-5-19(24)14-20;/h4-8,13-14,17,21,27H,9-12,15-16H2,1-3H3;1H. The summed E-state index contributed by atoms with van der Waals surface area (Å²) in [6.45, 7) is 11.0. The Hall–Kier alpha value is -1.46. The van der Waals surface area contributed by atoms with Crippen molar-refractivity contribution < 1.29 is 9.84 Å². The highest BCUT2D eigenvalue weighted by Crippen LogP contribution is 2.27. The van der Waals surface area contributed by atoms with Crippen molar-refractivity contribution in [1.29, 1.82) is 0 Å². The zero-order valence-corrected chi connectivity index (χ0v) is 19.0. The summed E-state index contributed by atoms with van der Waals surface area (Å²) in [5, 5.41) is 11.3. The fourth-order valence-electron chi connectivity index (χ4n) is 3.64. The number of aliphatic hydroxyl groups excluding tert-OH is 1. The largest absolute Gasteiger partial charge is 0.491 e. The highest BCUT2D eigenvalue weighted by atomic mass is 35.5. The summed E-state index contributed by atoms with van der Waals surface area (Å²) in [6.07, 6.45) is -0.502. The lowest BCUT2D eigenvalue weighted by molar-refractivity contribution is 0.0659. The van der Waals surface area contributed by atoms with Gasteiger partial charge in [-0.1, -0.05) is 43.6 Å². The van der Waals surface area contributed by atoms with Crippen LogP contribution < -0.4 is 9.64 Å². The van der Waals surface area contributed by atoms with Gasteiger partial charge in [0.25, 0.3) is 0 Å². The topological polar surface area (TPSA) is 35.9 Å². The zero-order chi connectivity index (χ0) is 20.1. The van der Waals surface area contributed by atoms with Crippen molar-refractivity contribution in [2.24, 2.45) is 0 Å². The number of hydrogen-bond acceptors (Lipinski definition) is 4. The number of aryl methyl sites for hydroxylation is 1. The Kier molecular flexibility index (Phi) is 9.09. The average Bonchev–Trinajstić information content (AvgIpc) is 2.67. The number of nitrogens with zero attached hydrogens (tertiary/aromatic N) is 2. The molecule has 0 aromatic heterocycles. The molecule has 0 saturated carbocycles. The molecule has 1 aliphatic rings. The molecule has 29 heavy (non-hydrogen) atoms. The summed E-state index contributed by atoms with van der Waals surface area (Å²) in [6, 6.07) is 14.3. The minimum atomic E-state index is -0.502. The van der Waals surface area contributed by atoms with Crippen LogP contribution in [0.2, 0.25) is 5.02 Å². The molecule has 1 heterocycles. The monoisotopic (exact) mass is 438 g/mol. The van der Waals surface area contributed by atoms with Gasteiger partial charge in [-0.05, 0) is 48.2 Å². The molecular weight excluding hydrogens is 407 g/mol. The molecule has 0 radical (unpaired) electrons. The number of ether oxygens (including phenoxy) is 1. The van der Waals surface area contributed by atoms with Gasteiger partial charge >= 0.3 is 0 Å². The Bertz CT molecular complexity index is 777. The fraction of sp³-hybridized carbons (Fsp3) is 0.478. The van der Waals surface area contributed by atoms with E-state index in [0.717, 1.165) is 42.6 Å². The van der Waals surface area contributed by atoms with Crippen LogP contribution >= 0.6 is 24.0 Å². The molecule has 1 unspecified atom stereocenters. The van der Waals surface area contributed by atoms with Crippen molar-refractivity contribution in [3.63, 3.8) is 0 Å². The Morgan fingerprint density at radius 2 is 1.79 bits per heavy atom. The Labute approximate surface area is 185 Å². The van der Waals surface area contributed by atoms with Gasteiger partial charge in [-0.25, -0.2) is 0 Å². The maximum atomic E-state index is 10.5. The van der Waals surface area contributed by atoms with Gasteiger partial charge in [0.05, 0.1) is 0 Å². The van der Waals surface area contributed by atoms with Crippen LogP contribution in [0.25, 0.3) is 0 Å². The molecular formula is C23H32Cl2N2O2. The van der Waals surface area contributed by atoms with Crippen LogP contribution in [0.15, 0.2) is 42.5 Å². The summed E-state index contributed by atoms with van der Waals surface area (Å²) < 4.78 is 5.98. The second-order valence-corrected chi connectivity index (χ2v) is 8.36. The summed E-state index contributed by atoms with van der Waals surface area (Å²) in [7, 11) is 0. The maximum Gasteiger partial charge on any atom is 0.123 e. The van der Waals surface area contributed by atoms with Gasteiger partial charge in [-0.2, -0.15) is 0 Å². The molecule has 160 valence electrons. The lowest BCUT2D eigenvalue weighted by atomic mass is 10.0. The first-order chi connectivity index (χ1) is 13.4. The molecule has 4 nitrogen and oxygen atoms in total. The number of benzene rings is 2. The van der Waals surface area contributed by atoms with Crippen LogP contribution in [0.3, 0.4) is 0 Å². The third-order valence-corrected chi connectivity index (χ3v) is 5.47. The molecule has 1 saturated heterocycles. The number of β-amino-alcohol motifs (C(OH)–C–C–N with tert-alkyl or cyclic N) is 1. The Morgan fingerprint density at radius 1 is 1.07 bits per heavy atom. The Morgan fingerprint density at radius 3 is 2.45 bits per heavy atom. The van der Waals surface area contributed by atoms with E-state index in [-0.39, 0.29) is 12.4 Å². The summed E-state index contributed by atoms with van der Waals surface area (Å²) in [4.78, 5) is 4.64. The summed E-state index contributed by atoms with van der Waals surface area (Å²) in [5.74, 6) is 1.28. The molecule has 0 bridgehead atoms. The van der Waals surface area contributed by atoms with Crippen LogP contribution in [-0.4, -0.2) is 55.4 Å². The SMILES string of the molecule is Cc1ccc(C(C)C)c(OCC(O)CN2CCN(c3cccc(Cl)c3)CC2)c1.Cl. The highest BCUT2D eigenvalue weighted by Gasteiger charge is 2.20. The molecule has 1 aliphatic heterocycles. The molecule has 0 aliphatic carbocycles. The first kappa shape index (κ1) is 23.8. The number of anilines is 1. The van der Waals surface area contributed by atoms with E-state index in [1.54, 1.807) is 0 Å². The van der Waals surface area contributed by atoms with Crippen molar-refractivity contribution in [3.8, 4) is 5.75 Å². The number of hydrogen-bond donors (Lipinski definition) is 1. The molecule has 2 aromatic rings. The summed E-state index contributed by atoms with van der Waals surface area (Å²) in [5.41, 5.74) is 3.52. The van der Waals surface area contributed by atoms with Crippen molar-refractivity contribution >= 4 is 29.7 Å². The number of piperazine rings is 1. The predicted octanol–water partition coefficient (Wildman–Crippen LogP) is 4.76. The quantitative estimate of drug-likeness (QED) is 0.675. The van der Waals surface area contributed by atoms with Gasteiger partial charge in [0.15, 0.2) is 0 Å². The molecule has 6 heteroatoms. The van der Waals surface area contributed by atoms with Crippen molar-refractivity contribution in [2.45, 2.75) is 32.8 Å². The summed E-state index contributed by atoms with van der Waals surface area (Å²) >= 11 is 6.10. The second kappa shape index (κ2) is 11.1. The van der Waals surface area contributed by atoms with E-state index in [2.05, 4.69) is 54.8 Å². The minimum Gasteiger partial charge on any atom is -0.491 e. The van der Waals surface area contributed by atoms with E-state index in [4.69, 9.17) is 16.3 Å². The maximum absolute atomic E-state index is 10.5. The van der Waals surface area contributed by atoms with E-state index < -0.39 is 6.10 Å². The van der Waals surface area contributed by atoms with Gasteiger partial charge in [0.2, 0.25) is 0 Å². The van der Waals surface area contributed by atoms with Crippen molar-refractivity contribution in [3.05, 3.63) is 58.6 Å². The molecule has 1 atom stereocenters. The van der Waals surface area contributed by atoms with E-state index in [0.29, 0.717) is 19.1 Å². The highest BCUT2D eigenvalue weighted by molar-refractivity contribution is 6.30. The van der Waals surface area contributed by atoms with Gasteiger partial charge in [-0.15, -0.1) is 12.4 Å². The Balaban J connectivity index is 0.00000300. The lowest BCUT2D eigenvalue weighted by Gasteiger charge is -2.37. The predicted molar refractivity (Wildman–Crippen MR) is 124 cm³/mol. The number of rotatable bonds is 7. The van der Waals surface area contributed by atoms with Crippen LogP contribution in [0.4, 0.5) is 5.69 Å². The second-order valence-electron chi connectivity index (χ2n) is 7.93. The first-order valence-electron chi connectivity index (χ1n) is 10.1. The zero-order valence-electron chi connectivity index (χ0n) is 17.5. The lowest BCUT2D eigenvalue weighted by Crippen LogP contribution is -2.49. The van der Waals surface area contributed by atoms with Crippen LogP contribution in [0.1, 0.15) is 30.9 Å². The van der Waals surface area contributed by atoms with Crippen LogP contribution in [0.5, 0.6) is 5.75 Å². The van der Waals surface area contributed by atoms with Gasteiger partial charge in [0, 0.05) is 43.4 Å². The van der Waals surface area contributed by atoms with E-state index in [1.807, 2.05) is 18.2 Å². The van der Waals surface area contributed by atoms with Crippen molar-refractivity contribution in [2.75, 3.05) is 44.2 Å². The van der Waals surface area contributed by atoms with E-state index in [1.165, 1.54) is 11.1 Å². The normalized spacial score (nSPS) is 15.9. The molecule has 1 N–H and O–H groups in total. The smallest absolute Gasteiger partial charge is 0.123 e. The van der Waals surface area contributed by atoms with E-state index >= 15 is 0 Å². The van der Waals surface area contributed by atoms with Gasteiger partial charge in [0.1, 0.15) is 18.5 Å². The first-order valence-corrected chi connectivity index (χ1v) is 10.4.